The van der Waals surface area contributed by atoms with E-state index >= 15 is 0 Å². The number of phenols is 1. The normalized spacial score (nSPS) is 12.4. The second-order valence-corrected chi connectivity index (χ2v) is 5.41. The van der Waals surface area contributed by atoms with Gasteiger partial charge >= 0.3 is 0 Å². The molecule has 1 unspecified atom stereocenters. The van der Waals surface area contributed by atoms with Gasteiger partial charge in [-0.3, -0.25) is 0 Å². The summed E-state index contributed by atoms with van der Waals surface area (Å²) >= 11 is 0. The minimum absolute atomic E-state index is 0.190. The number of aromatic hydroxyl groups is 1. The van der Waals surface area contributed by atoms with Crippen molar-refractivity contribution < 1.29 is 5.11 Å². The van der Waals surface area contributed by atoms with Crippen LogP contribution in [-0.2, 0) is 0 Å². The van der Waals surface area contributed by atoms with Crippen LogP contribution < -0.4 is 10.2 Å². The van der Waals surface area contributed by atoms with E-state index in [9.17, 15) is 5.11 Å². The van der Waals surface area contributed by atoms with Crippen LogP contribution in [0, 0.1) is 0 Å². The Kier molecular flexibility index (Phi) is 7.45. The molecule has 20 heavy (non-hydrogen) atoms. The highest BCUT2D eigenvalue weighted by Gasteiger charge is 2.12. The molecule has 0 aliphatic heterocycles. The molecule has 0 aliphatic rings. The summed E-state index contributed by atoms with van der Waals surface area (Å²) in [6.07, 6.45) is 3.35. The van der Waals surface area contributed by atoms with Crippen molar-refractivity contribution in [1.29, 1.82) is 0 Å². The van der Waals surface area contributed by atoms with E-state index in [0.29, 0.717) is 5.75 Å². The summed E-state index contributed by atoms with van der Waals surface area (Å²) in [5, 5.41) is 13.7. The lowest BCUT2D eigenvalue weighted by Crippen LogP contribution is -2.25. The van der Waals surface area contributed by atoms with E-state index in [1.807, 2.05) is 6.07 Å². The first kappa shape index (κ1) is 16.8. The summed E-state index contributed by atoms with van der Waals surface area (Å²) in [7, 11) is 0. The van der Waals surface area contributed by atoms with Crippen molar-refractivity contribution in [3.05, 3.63) is 23.8 Å². The van der Waals surface area contributed by atoms with E-state index in [0.717, 1.165) is 50.1 Å². The van der Waals surface area contributed by atoms with Gasteiger partial charge in [0.05, 0.1) is 0 Å². The molecule has 0 spiro atoms. The van der Waals surface area contributed by atoms with Crippen molar-refractivity contribution in [3.8, 4) is 5.75 Å². The molecular weight excluding hydrogens is 248 g/mol. The smallest absolute Gasteiger partial charge is 0.122 e. The minimum atomic E-state index is 0.190. The summed E-state index contributed by atoms with van der Waals surface area (Å²) in [4.78, 5) is 2.34. The molecular formula is C17H30N2O. The predicted octanol–water partition coefficient (Wildman–Crippen LogP) is 4.08. The Morgan fingerprint density at radius 2 is 1.75 bits per heavy atom. The van der Waals surface area contributed by atoms with Crippen molar-refractivity contribution in [2.24, 2.45) is 0 Å². The summed E-state index contributed by atoms with van der Waals surface area (Å²) in [6, 6.07) is 6.28. The number of anilines is 1. The molecule has 114 valence electrons. The Balaban J connectivity index is 2.84. The maximum absolute atomic E-state index is 10.3. The van der Waals surface area contributed by atoms with Gasteiger partial charge in [-0.25, -0.2) is 0 Å². The van der Waals surface area contributed by atoms with Crippen LogP contribution >= 0.6 is 0 Å². The van der Waals surface area contributed by atoms with Gasteiger partial charge in [0.2, 0.25) is 0 Å². The molecule has 0 radical (unpaired) electrons. The van der Waals surface area contributed by atoms with Crippen LogP contribution in [0.3, 0.4) is 0 Å². The fourth-order valence-electron chi connectivity index (χ4n) is 2.48. The SMILES string of the molecule is CCCNC(C)c1ccc(N(CCC)CCC)cc1O. The van der Waals surface area contributed by atoms with Crippen LogP contribution in [0.5, 0.6) is 5.75 Å². The zero-order chi connectivity index (χ0) is 15.0. The fourth-order valence-corrected chi connectivity index (χ4v) is 2.48. The highest BCUT2D eigenvalue weighted by atomic mass is 16.3. The average molecular weight is 278 g/mol. The van der Waals surface area contributed by atoms with Gasteiger partial charge in [-0.15, -0.1) is 0 Å². The minimum Gasteiger partial charge on any atom is -0.508 e. The first-order chi connectivity index (χ1) is 9.63. The highest BCUT2D eigenvalue weighted by Crippen LogP contribution is 2.29. The first-order valence-electron chi connectivity index (χ1n) is 7.95. The number of hydrogen-bond acceptors (Lipinski definition) is 3. The van der Waals surface area contributed by atoms with Crippen LogP contribution in [0.15, 0.2) is 18.2 Å². The molecule has 1 aromatic carbocycles. The van der Waals surface area contributed by atoms with E-state index in [1.54, 1.807) is 0 Å². The second-order valence-electron chi connectivity index (χ2n) is 5.41. The summed E-state index contributed by atoms with van der Waals surface area (Å²) < 4.78 is 0. The zero-order valence-electron chi connectivity index (χ0n) is 13.4. The Morgan fingerprint density at radius 3 is 2.25 bits per heavy atom. The van der Waals surface area contributed by atoms with Crippen LogP contribution in [0.25, 0.3) is 0 Å². The van der Waals surface area contributed by atoms with Gasteiger partial charge in [-0.1, -0.05) is 26.8 Å². The number of hydrogen-bond donors (Lipinski definition) is 2. The van der Waals surface area contributed by atoms with Crippen LogP contribution in [-0.4, -0.2) is 24.7 Å². The van der Waals surface area contributed by atoms with Gasteiger partial charge < -0.3 is 15.3 Å². The Morgan fingerprint density at radius 1 is 1.10 bits per heavy atom. The molecule has 1 rings (SSSR count). The van der Waals surface area contributed by atoms with Gasteiger partial charge in [0.15, 0.2) is 0 Å². The lowest BCUT2D eigenvalue weighted by Gasteiger charge is -2.25. The maximum Gasteiger partial charge on any atom is 0.122 e. The zero-order valence-corrected chi connectivity index (χ0v) is 13.4. The van der Waals surface area contributed by atoms with E-state index in [1.165, 1.54) is 0 Å². The molecule has 0 amide bonds. The van der Waals surface area contributed by atoms with Crippen molar-refractivity contribution in [3.63, 3.8) is 0 Å². The summed E-state index contributed by atoms with van der Waals surface area (Å²) in [5.74, 6) is 0.399. The van der Waals surface area contributed by atoms with Crippen molar-refractivity contribution >= 4 is 5.69 Å². The maximum atomic E-state index is 10.3. The third kappa shape index (κ3) is 4.71. The Hall–Kier alpha value is -1.22. The van der Waals surface area contributed by atoms with Crippen LogP contribution in [0.1, 0.15) is 58.6 Å². The summed E-state index contributed by atoms with van der Waals surface area (Å²) in [5.41, 5.74) is 2.10. The van der Waals surface area contributed by atoms with Gasteiger partial charge in [0.25, 0.3) is 0 Å². The van der Waals surface area contributed by atoms with E-state index in [4.69, 9.17) is 0 Å². The topological polar surface area (TPSA) is 35.5 Å². The van der Waals surface area contributed by atoms with Gasteiger partial charge in [-0.05, 0) is 38.8 Å². The van der Waals surface area contributed by atoms with E-state index < -0.39 is 0 Å². The third-order valence-corrected chi connectivity index (χ3v) is 3.53. The molecule has 0 saturated heterocycles. The molecule has 1 aromatic rings. The largest absolute Gasteiger partial charge is 0.508 e. The van der Waals surface area contributed by atoms with Crippen molar-refractivity contribution in [1.82, 2.24) is 5.32 Å². The van der Waals surface area contributed by atoms with Crippen LogP contribution in [0.4, 0.5) is 5.69 Å². The molecule has 0 aliphatic carbocycles. The number of rotatable bonds is 9. The van der Waals surface area contributed by atoms with Crippen molar-refractivity contribution in [2.75, 3.05) is 24.5 Å². The molecule has 0 heterocycles. The number of phenolic OH excluding ortho intramolecular Hbond substituents is 1. The highest BCUT2D eigenvalue weighted by molar-refractivity contribution is 5.54. The third-order valence-electron chi connectivity index (χ3n) is 3.53. The molecule has 2 N–H and O–H groups in total. The predicted molar refractivity (Wildman–Crippen MR) is 87.6 cm³/mol. The molecule has 1 atom stereocenters. The molecule has 0 bridgehead atoms. The molecule has 3 heteroatoms. The van der Waals surface area contributed by atoms with Crippen LogP contribution in [0.2, 0.25) is 0 Å². The Bertz CT molecular complexity index is 387. The lowest BCUT2D eigenvalue weighted by molar-refractivity contribution is 0.452. The van der Waals surface area contributed by atoms with E-state index in [-0.39, 0.29) is 6.04 Å². The summed E-state index contributed by atoms with van der Waals surface area (Å²) in [6.45, 7) is 11.7. The van der Waals surface area contributed by atoms with Gasteiger partial charge in [0.1, 0.15) is 5.75 Å². The monoisotopic (exact) mass is 278 g/mol. The molecule has 3 nitrogen and oxygen atoms in total. The number of nitrogens with zero attached hydrogens (tertiary/aromatic N) is 1. The second kappa shape index (κ2) is 8.85. The molecule has 0 aromatic heterocycles. The standard InChI is InChI=1S/C17H30N2O/c1-5-10-18-14(4)16-9-8-15(13-17(16)20)19(11-6-2)12-7-3/h8-9,13-14,18,20H,5-7,10-12H2,1-4H3. The Labute approximate surface area is 124 Å². The fraction of sp³-hybridized carbons (Fsp3) is 0.647. The first-order valence-corrected chi connectivity index (χ1v) is 7.95. The lowest BCUT2D eigenvalue weighted by atomic mass is 10.1. The van der Waals surface area contributed by atoms with Crippen molar-refractivity contribution in [2.45, 2.75) is 53.0 Å². The van der Waals surface area contributed by atoms with Gasteiger partial charge in [0, 0.05) is 36.4 Å². The number of nitrogens with one attached hydrogen (secondary N) is 1. The average Bonchev–Trinajstić information content (AvgIpc) is 2.44. The van der Waals surface area contributed by atoms with E-state index in [2.05, 4.69) is 50.0 Å². The molecule has 0 saturated carbocycles. The quantitative estimate of drug-likeness (QED) is 0.714. The number of benzene rings is 1. The van der Waals surface area contributed by atoms with Gasteiger partial charge in [-0.2, -0.15) is 0 Å². The molecule has 0 fully saturated rings.